The van der Waals surface area contributed by atoms with Crippen LogP contribution in [-0.2, 0) is 0 Å². The van der Waals surface area contributed by atoms with E-state index in [2.05, 4.69) is 45.9 Å². The van der Waals surface area contributed by atoms with Gasteiger partial charge in [-0.05, 0) is 34.6 Å². The molecule has 0 saturated heterocycles. The van der Waals surface area contributed by atoms with Crippen molar-refractivity contribution in [1.82, 2.24) is 0 Å². The summed E-state index contributed by atoms with van der Waals surface area (Å²) >= 11 is 6.35. The number of hydrogen-bond donors (Lipinski definition) is 0. The first-order valence-electron chi connectivity index (χ1n) is 8.08. The number of aliphatic imine (C=N–C) groups is 1. The number of allylic oxidation sites excluding steroid dienone is 1. The Morgan fingerprint density at radius 3 is 1.96 bits per heavy atom. The fourth-order valence-corrected chi connectivity index (χ4v) is 2.71. The monoisotopic (exact) mass is 325 g/mol. The molecule has 2 aromatic rings. The van der Waals surface area contributed by atoms with E-state index in [0.29, 0.717) is 16.9 Å². The second kappa shape index (κ2) is 8.12. The minimum Gasteiger partial charge on any atom is -0.256 e. The molecule has 0 unspecified atom stereocenters. The van der Waals surface area contributed by atoms with E-state index in [9.17, 15) is 0 Å². The van der Waals surface area contributed by atoms with Crippen molar-refractivity contribution in [3.05, 3.63) is 71.3 Å². The topological polar surface area (TPSA) is 12.4 Å². The fourth-order valence-electron chi connectivity index (χ4n) is 2.53. The van der Waals surface area contributed by atoms with Crippen LogP contribution in [0.3, 0.4) is 0 Å². The zero-order valence-electron chi connectivity index (χ0n) is 14.3. The smallest absolute Gasteiger partial charge is 0.0698 e. The van der Waals surface area contributed by atoms with Gasteiger partial charge in [0.1, 0.15) is 0 Å². The first kappa shape index (κ1) is 17.5. The molecule has 0 spiro atoms. The summed E-state index contributed by atoms with van der Waals surface area (Å²) in [4.78, 5) is 4.73. The molecule has 23 heavy (non-hydrogen) atoms. The molecule has 0 saturated carbocycles. The summed E-state index contributed by atoms with van der Waals surface area (Å²) in [5, 5.41) is 0.697. The Hall–Kier alpha value is -1.86. The predicted octanol–water partition coefficient (Wildman–Crippen LogP) is 6.92. The van der Waals surface area contributed by atoms with E-state index < -0.39 is 0 Å². The highest BCUT2D eigenvalue weighted by atomic mass is 35.5. The van der Waals surface area contributed by atoms with Crippen LogP contribution < -0.4 is 0 Å². The maximum Gasteiger partial charge on any atom is 0.0698 e. The molecule has 0 bridgehead atoms. The quantitative estimate of drug-likeness (QED) is 0.529. The van der Waals surface area contributed by atoms with Gasteiger partial charge in [-0.25, -0.2) is 0 Å². The number of benzene rings is 2. The molecule has 0 aliphatic carbocycles. The fraction of sp³-hybridized carbons (Fsp3) is 0.286. The maximum atomic E-state index is 6.35. The molecule has 0 fully saturated rings. The molecule has 0 N–H and O–H groups in total. The van der Waals surface area contributed by atoms with Gasteiger partial charge < -0.3 is 0 Å². The minimum atomic E-state index is 0.439. The molecule has 2 aromatic carbocycles. The first-order valence-corrected chi connectivity index (χ1v) is 8.46. The van der Waals surface area contributed by atoms with Gasteiger partial charge in [-0.2, -0.15) is 0 Å². The summed E-state index contributed by atoms with van der Waals surface area (Å²) in [5.41, 5.74) is 4.63. The van der Waals surface area contributed by atoms with Crippen molar-refractivity contribution in [1.29, 1.82) is 0 Å². The number of rotatable bonds is 5. The molecule has 0 radical (unpaired) electrons. The van der Waals surface area contributed by atoms with Gasteiger partial charge in [0.2, 0.25) is 0 Å². The van der Waals surface area contributed by atoms with Crippen molar-refractivity contribution < 1.29 is 0 Å². The van der Waals surface area contributed by atoms with Gasteiger partial charge in [-0.15, -0.1) is 0 Å². The molecule has 0 heterocycles. The molecule has 0 atom stereocenters. The number of hydrogen-bond acceptors (Lipinski definition) is 1. The zero-order valence-corrected chi connectivity index (χ0v) is 15.0. The summed E-state index contributed by atoms with van der Waals surface area (Å²) < 4.78 is 0. The lowest BCUT2D eigenvalue weighted by Crippen LogP contribution is -1.95. The highest BCUT2D eigenvalue weighted by molar-refractivity contribution is 6.49. The highest BCUT2D eigenvalue weighted by Gasteiger charge is 2.12. The minimum absolute atomic E-state index is 0.439. The maximum absolute atomic E-state index is 6.35. The number of halogens is 1. The zero-order chi connectivity index (χ0) is 16.8. The highest BCUT2D eigenvalue weighted by Crippen LogP contribution is 2.34. The summed E-state index contributed by atoms with van der Waals surface area (Å²) in [6, 6.07) is 16.4. The van der Waals surface area contributed by atoms with Gasteiger partial charge in [0.15, 0.2) is 0 Å². The van der Waals surface area contributed by atoms with E-state index in [1.165, 1.54) is 11.1 Å². The number of nitrogens with zero attached hydrogens (tertiary/aromatic N) is 1. The summed E-state index contributed by atoms with van der Waals surface area (Å²) in [6.45, 7) is 8.80. The van der Waals surface area contributed by atoms with Crippen molar-refractivity contribution in [2.45, 2.75) is 39.5 Å². The molecule has 1 nitrogen and oxygen atoms in total. The molecular weight excluding hydrogens is 302 g/mol. The Labute approximate surface area is 144 Å². The Balaban J connectivity index is 2.35. The molecular formula is C21H24ClN. The van der Waals surface area contributed by atoms with Crippen LogP contribution in [0, 0.1) is 0 Å². The van der Waals surface area contributed by atoms with E-state index in [0.717, 1.165) is 11.3 Å². The predicted molar refractivity (Wildman–Crippen MR) is 103 cm³/mol. The Morgan fingerprint density at radius 2 is 1.43 bits per heavy atom. The lowest BCUT2D eigenvalue weighted by Gasteiger charge is -2.16. The third kappa shape index (κ3) is 4.56. The van der Waals surface area contributed by atoms with E-state index in [1.807, 2.05) is 42.6 Å². The van der Waals surface area contributed by atoms with E-state index in [-0.39, 0.29) is 0 Å². The van der Waals surface area contributed by atoms with Gasteiger partial charge in [0.05, 0.1) is 5.69 Å². The normalized spacial score (nSPS) is 12.6. The second-order valence-corrected chi connectivity index (χ2v) is 6.66. The molecule has 0 aliphatic rings. The summed E-state index contributed by atoms with van der Waals surface area (Å²) in [7, 11) is 0. The average Bonchev–Trinajstić information content (AvgIpc) is 2.55. The lowest BCUT2D eigenvalue weighted by atomic mass is 9.93. The number of para-hydroxylation sites is 1. The molecule has 120 valence electrons. The Morgan fingerprint density at radius 1 is 0.870 bits per heavy atom. The SMILES string of the molecule is CC(C)c1cccc(C(C)C)c1N=C/C=C(\Cl)c1ccccc1. The van der Waals surface area contributed by atoms with Crippen molar-refractivity contribution in [3.63, 3.8) is 0 Å². The van der Waals surface area contributed by atoms with Crippen LogP contribution >= 0.6 is 11.6 Å². The van der Waals surface area contributed by atoms with Crippen LogP contribution in [-0.4, -0.2) is 6.21 Å². The van der Waals surface area contributed by atoms with Gasteiger partial charge in [-0.1, -0.05) is 87.8 Å². The van der Waals surface area contributed by atoms with Crippen LogP contribution in [0.25, 0.3) is 5.03 Å². The van der Waals surface area contributed by atoms with Crippen LogP contribution in [0.1, 0.15) is 56.2 Å². The first-order chi connectivity index (χ1) is 11.0. The third-order valence-electron chi connectivity index (χ3n) is 3.82. The van der Waals surface area contributed by atoms with Gasteiger partial charge in [0.25, 0.3) is 0 Å². The van der Waals surface area contributed by atoms with E-state index in [1.54, 1.807) is 0 Å². The lowest BCUT2D eigenvalue weighted by molar-refractivity contribution is 0.835. The third-order valence-corrected chi connectivity index (χ3v) is 4.16. The summed E-state index contributed by atoms with van der Waals surface area (Å²) in [6.07, 6.45) is 3.67. The molecule has 2 rings (SSSR count). The Kier molecular flexibility index (Phi) is 6.18. The molecule has 0 amide bonds. The van der Waals surface area contributed by atoms with Gasteiger partial charge in [0, 0.05) is 11.2 Å². The average molecular weight is 326 g/mol. The molecule has 0 aliphatic heterocycles. The van der Waals surface area contributed by atoms with Crippen molar-refractivity contribution in [3.8, 4) is 0 Å². The van der Waals surface area contributed by atoms with Crippen LogP contribution in [0.2, 0.25) is 0 Å². The standard InChI is InChI=1S/C21H24ClN/c1-15(2)18-11-8-12-19(16(3)4)21(18)23-14-13-20(22)17-9-6-5-7-10-17/h5-16H,1-4H3/b20-13-,23-14?. The molecule has 0 aromatic heterocycles. The van der Waals surface area contributed by atoms with Crippen LogP contribution in [0.4, 0.5) is 5.69 Å². The van der Waals surface area contributed by atoms with Crippen LogP contribution in [0.5, 0.6) is 0 Å². The van der Waals surface area contributed by atoms with Gasteiger partial charge >= 0.3 is 0 Å². The van der Waals surface area contributed by atoms with Crippen LogP contribution in [0.15, 0.2) is 59.6 Å². The summed E-state index contributed by atoms with van der Waals surface area (Å²) in [5.74, 6) is 0.879. The van der Waals surface area contributed by atoms with Crippen molar-refractivity contribution in [2.24, 2.45) is 4.99 Å². The van der Waals surface area contributed by atoms with E-state index >= 15 is 0 Å². The van der Waals surface area contributed by atoms with Gasteiger partial charge in [-0.3, -0.25) is 4.99 Å². The van der Waals surface area contributed by atoms with Crippen molar-refractivity contribution in [2.75, 3.05) is 0 Å². The van der Waals surface area contributed by atoms with Crippen molar-refractivity contribution >= 4 is 28.5 Å². The largest absolute Gasteiger partial charge is 0.256 e. The molecule has 2 heteroatoms. The second-order valence-electron chi connectivity index (χ2n) is 6.25. The van der Waals surface area contributed by atoms with E-state index in [4.69, 9.17) is 16.6 Å². The Bertz CT molecular complexity index is 671.